The zero-order valence-corrected chi connectivity index (χ0v) is 19.0. The average molecular weight is 443 g/mol. The van der Waals surface area contributed by atoms with Gasteiger partial charge in [-0.05, 0) is 56.2 Å². The van der Waals surface area contributed by atoms with Crippen molar-refractivity contribution in [2.75, 3.05) is 11.9 Å². The molecule has 32 heavy (non-hydrogen) atoms. The first-order chi connectivity index (χ1) is 15.7. The molecule has 0 saturated heterocycles. The molecule has 0 spiro atoms. The number of hydrogen-bond acceptors (Lipinski definition) is 5. The van der Waals surface area contributed by atoms with Gasteiger partial charge in [-0.1, -0.05) is 19.3 Å². The maximum absolute atomic E-state index is 12.6. The number of pyridine rings is 2. The van der Waals surface area contributed by atoms with E-state index in [0.29, 0.717) is 12.5 Å². The van der Waals surface area contributed by atoms with Gasteiger partial charge in [-0.25, -0.2) is 4.98 Å². The molecular weight excluding hydrogens is 416 g/mol. The van der Waals surface area contributed by atoms with Crippen LogP contribution in [0, 0.1) is 0 Å². The molecule has 1 amide bonds. The Morgan fingerprint density at radius 2 is 1.91 bits per heavy atom. The van der Waals surface area contributed by atoms with Crippen molar-refractivity contribution in [1.82, 2.24) is 15.3 Å². The Hall–Kier alpha value is -2.99. The van der Waals surface area contributed by atoms with Crippen LogP contribution in [0.3, 0.4) is 0 Å². The lowest BCUT2D eigenvalue weighted by Crippen LogP contribution is -2.34. The summed E-state index contributed by atoms with van der Waals surface area (Å²) in [4.78, 5) is 23.1. The van der Waals surface area contributed by atoms with Crippen LogP contribution in [0.25, 0.3) is 32.2 Å². The molecular formula is C26H26N4OS. The van der Waals surface area contributed by atoms with Crippen LogP contribution in [0.1, 0.15) is 60.3 Å². The van der Waals surface area contributed by atoms with Crippen molar-refractivity contribution in [3.63, 3.8) is 0 Å². The van der Waals surface area contributed by atoms with Gasteiger partial charge in [-0.2, -0.15) is 0 Å². The predicted octanol–water partition coefficient (Wildman–Crippen LogP) is 6.10. The maximum atomic E-state index is 12.6. The Labute approximate surface area is 191 Å². The number of aromatic nitrogens is 2. The molecule has 4 aromatic rings. The van der Waals surface area contributed by atoms with Gasteiger partial charge in [-0.15, -0.1) is 11.3 Å². The summed E-state index contributed by atoms with van der Waals surface area (Å²) in [7, 11) is 0. The molecule has 5 nitrogen and oxygen atoms in total. The molecule has 1 atom stereocenters. The fourth-order valence-corrected chi connectivity index (χ4v) is 6.18. The van der Waals surface area contributed by atoms with E-state index in [9.17, 15) is 4.79 Å². The normalized spacial score (nSPS) is 19.4. The van der Waals surface area contributed by atoms with Crippen molar-refractivity contribution < 1.29 is 4.79 Å². The van der Waals surface area contributed by atoms with Crippen molar-refractivity contribution in [2.45, 2.75) is 51.0 Å². The van der Waals surface area contributed by atoms with Crippen molar-refractivity contribution >= 4 is 43.9 Å². The van der Waals surface area contributed by atoms with Crippen LogP contribution in [0.5, 0.6) is 0 Å². The van der Waals surface area contributed by atoms with Crippen LogP contribution in [-0.4, -0.2) is 28.5 Å². The summed E-state index contributed by atoms with van der Waals surface area (Å²) in [5.41, 5.74) is 5.06. The van der Waals surface area contributed by atoms with E-state index < -0.39 is 0 Å². The number of thiophene rings is 1. The molecule has 1 aliphatic heterocycles. The Kier molecular flexibility index (Phi) is 4.83. The molecule has 3 aromatic heterocycles. The van der Waals surface area contributed by atoms with Gasteiger partial charge in [0.25, 0.3) is 5.91 Å². The van der Waals surface area contributed by atoms with Gasteiger partial charge in [0, 0.05) is 51.4 Å². The summed E-state index contributed by atoms with van der Waals surface area (Å²) in [6.45, 7) is 2.73. The van der Waals surface area contributed by atoms with Crippen LogP contribution in [-0.2, 0) is 0 Å². The first kappa shape index (κ1) is 19.7. The summed E-state index contributed by atoms with van der Waals surface area (Å²) in [5.74, 6) is 0.609. The second-order valence-corrected chi connectivity index (χ2v) is 10.1. The number of carbonyl (C=O) groups excluding carboxylic acids is 1. The standard InChI is InChI=1S/C26H26N4OS/c1-15-13-28-24-23-18-8-10-20(17-7-9-19(27-14-17)16-5-3-2-4-6-16)30-21(18)11-12-22(23)32-25(24)26(31)29-15/h7-12,14-16,28H,2-6,13H2,1H3,(H,29,31)/t15-/m1/s1. The number of amides is 1. The molecule has 4 heterocycles. The van der Waals surface area contributed by atoms with Crippen LogP contribution in [0.4, 0.5) is 5.69 Å². The summed E-state index contributed by atoms with van der Waals surface area (Å²) in [5, 5.41) is 8.71. The Morgan fingerprint density at radius 1 is 1.03 bits per heavy atom. The number of rotatable bonds is 2. The zero-order chi connectivity index (χ0) is 21.7. The summed E-state index contributed by atoms with van der Waals surface area (Å²) >= 11 is 1.54. The van der Waals surface area contributed by atoms with Gasteiger partial charge in [0.1, 0.15) is 4.88 Å². The number of hydrogen-bond donors (Lipinski definition) is 2. The van der Waals surface area contributed by atoms with Crippen LogP contribution in [0.15, 0.2) is 42.6 Å². The third kappa shape index (κ3) is 3.34. The van der Waals surface area contributed by atoms with Crippen LogP contribution < -0.4 is 10.6 Å². The third-order valence-electron chi connectivity index (χ3n) is 6.80. The second-order valence-electron chi connectivity index (χ2n) is 9.07. The van der Waals surface area contributed by atoms with Crippen molar-refractivity contribution in [3.05, 3.63) is 53.2 Å². The van der Waals surface area contributed by atoms with Gasteiger partial charge in [-0.3, -0.25) is 9.78 Å². The molecule has 6 heteroatoms. The van der Waals surface area contributed by atoms with Crippen LogP contribution in [0.2, 0.25) is 0 Å². The van der Waals surface area contributed by atoms with E-state index in [4.69, 9.17) is 9.97 Å². The fraction of sp³-hybridized carbons (Fsp3) is 0.346. The molecule has 2 N–H and O–H groups in total. The highest BCUT2D eigenvalue weighted by atomic mass is 32.1. The fourth-order valence-electron chi connectivity index (χ4n) is 5.08. The molecule has 0 unspecified atom stereocenters. The minimum atomic E-state index is 0.000518. The van der Waals surface area contributed by atoms with E-state index in [0.717, 1.165) is 42.8 Å². The Bertz CT molecular complexity index is 1320. The highest BCUT2D eigenvalue weighted by molar-refractivity contribution is 7.21. The number of carbonyl (C=O) groups is 1. The second kappa shape index (κ2) is 7.85. The molecule has 1 aliphatic carbocycles. The van der Waals surface area contributed by atoms with E-state index in [1.807, 2.05) is 13.1 Å². The SMILES string of the molecule is C[C@@H]1CNc2c(sc3ccc4nc(-c5ccc(C6CCCCC6)nc5)ccc4c23)C(=O)N1. The van der Waals surface area contributed by atoms with E-state index >= 15 is 0 Å². The van der Waals surface area contributed by atoms with Gasteiger partial charge in [0.05, 0.1) is 16.9 Å². The van der Waals surface area contributed by atoms with Crippen molar-refractivity contribution in [1.29, 1.82) is 0 Å². The molecule has 1 aromatic carbocycles. The average Bonchev–Trinajstić information content (AvgIpc) is 3.16. The Morgan fingerprint density at radius 3 is 2.72 bits per heavy atom. The predicted molar refractivity (Wildman–Crippen MR) is 132 cm³/mol. The topological polar surface area (TPSA) is 66.9 Å². The lowest BCUT2D eigenvalue weighted by molar-refractivity contribution is 0.0949. The molecule has 2 aliphatic rings. The van der Waals surface area contributed by atoms with Crippen molar-refractivity contribution in [2.24, 2.45) is 0 Å². The summed E-state index contributed by atoms with van der Waals surface area (Å²) in [6.07, 6.45) is 8.47. The largest absolute Gasteiger partial charge is 0.381 e. The maximum Gasteiger partial charge on any atom is 0.263 e. The molecule has 0 bridgehead atoms. The zero-order valence-electron chi connectivity index (χ0n) is 18.1. The minimum Gasteiger partial charge on any atom is -0.381 e. The smallest absolute Gasteiger partial charge is 0.263 e. The number of fused-ring (bicyclic) bond motifs is 5. The minimum absolute atomic E-state index is 0.000518. The van der Waals surface area contributed by atoms with E-state index in [2.05, 4.69) is 47.0 Å². The van der Waals surface area contributed by atoms with Gasteiger partial charge in [0.15, 0.2) is 0 Å². The first-order valence-electron chi connectivity index (χ1n) is 11.5. The molecule has 1 saturated carbocycles. The highest BCUT2D eigenvalue weighted by Crippen LogP contribution is 2.41. The number of nitrogens with zero attached hydrogens (tertiary/aromatic N) is 2. The Balaban J connectivity index is 1.39. The summed E-state index contributed by atoms with van der Waals surface area (Å²) < 4.78 is 1.10. The van der Waals surface area contributed by atoms with Gasteiger partial charge < -0.3 is 10.6 Å². The lowest BCUT2D eigenvalue weighted by Gasteiger charge is -2.21. The van der Waals surface area contributed by atoms with E-state index in [1.54, 1.807) is 11.3 Å². The van der Waals surface area contributed by atoms with Crippen LogP contribution >= 0.6 is 11.3 Å². The number of benzene rings is 1. The number of nitrogens with one attached hydrogen (secondary N) is 2. The molecule has 1 fully saturated rings. The van der Waals surface area contributed by atoms with E-state index in [-0.39, 0.29) is 11.9 Å². The van der Waals surface area contributed by atoms with E-state index in [1.165, 1.54) is 37.8 Å². The lowest BCUT2D eigenvalue weighted by atomic mass is 9.86. The highest BCUT2D eigenvalue weighted by Gasteiger charge is 2.25. The molecule has 0 radical (unpaired) electrons. The van der Waals surface area contributed by atoms with Gasteiger partial charge in [0.2, 0.25) is 0 Å². The quantitative estimate of drug-likeness (QED) is 0.393. The number of anilines is 1. The monoisotopic (exact) mass is 442 g/mol. The summed E-state index contributed by atoms with van der Waals surface area (Å²) in [6, 6.07) is 12.8. The molecule has 162 valence electrons. The third-order valence-corrected chi connectivity index (χ3v) is 7.95. The van der Waals surface area contributed by atoms with Gasteiger partial charge >= 0.3 is 0 Å². The van der Waals surface area contributed by atoms with Crippen molar-refractivity contribution in [3.8, 4) is 11.3 Å². The first-order valence-corrected chi connectivity index (χ1v) is 12.4. The molecule has 6 rings (SSSR count).